The van der Waals surface area contributed by atoms with Crippen molar-refractivity contribution in [1.82, 2.24) is 14.5 Å². The molecule has 4 N–H and O–H groups in total. The molecule has 0 fully saturated rings. The van der Waals surface area contributed by atoms with Gasteiger partial charge in [0.05, 0.1) is 19.2 Å². The molecule has 0 saturated heterocycles. The molecule has 0 radical (unpaired) electrons. The number of carbonyl (C=O) groups excluding carboxylic acids is 1. The van der Waals surface area contributed by atoms with E-state index in [4.69, 9.17) is 21.1 Å². The van der Waals surface area contributed by atoms with E-state index < -0.39 is 12.1 Å². The molecule has 0 aliphatic heterocycles. The maximum absolute atomic E-state index is 14.1. The van der Waals surface area contributed by atoms with E-state index >= 15 is 0 Å². The molecule has 220 valence electrons. The van der Waals surface area contributed by atoms with Gasteiger partial charge < -0.3 is 30.3 Å². The normalized spacial score (nSPS) is 12.4. The molecule has 4 rings (SSSR count). The highest BCUT2D eigenvalue weighted by Crippen LogP contribution is 2.38. The van der Waals surface area contributed by atoms with Crippen molar-refractivity contribution in [1.29, 1.82) is 0 Å². The van der Waals surface area contributed by atoms with Gasteiger partial charge >= 0.3 is 0 Å². The highest BCUT2D eigenvalue weighted by molar-refractivity contribution is 6.35. The summed E-state index contributed by atoms with van der Waals surface area (Å²) in [6.07, 6.45) is 2.09. The van der Waals surface area contributed by atoms with E-state index in [9.17, 15) is 19.8 Å². The number of carbonyl (C=O) groups is 1. The molecule has 42 heavy (non-hydrogen) atoms. The molecule has 1 amide bonds. The van der Waals surface area contributed by atoms with Crippen LogP contribution in [-0.4, -0.2) is 57.7 Å². The molecule has 2 heterocycles. The monoisotopic (exact) mass is 593 g/mol. The molecule has 12 heteroatoms. The summed E-state index contributed by atoms with van der Waals surface area (Å²) < 4.78 is 12.3. The molecular weight excluding hydrogens is 562 g/mol. The van der Waals surface area contributed by atoms with Crippen LogP contribution in [0.4, 0.5) is 11.6 Å². The zero-order valence-electron chi connectivity index (χ0n) is 23.4. The van der Waals surface area contributed by atoms with Gasteiger partial charge in [0.2, 0.25) is 11.9 Å². The first-order chi connectivity index (χ1) is 20.2. The maximum atomic E-state index is 14.1. The predicted octanol–water partition coefficient (Wildman–Crippen LogP) is 3.86. The van der Waals surface area contributed by atoms with Gasteiger partial charge in [-0.3, -0.25) is 14.2 Å². The molecule has 0 aliphatic carbocycles. The summed E-state index contributed by atoms with van der Waals surface area (Å²) in [5.74, 6) is 0.123. The number of benzene rings is 2. The number of amides is 1. The number of aryl methyl sites for hydroxylation is 2. The Labute approximate surface area is 247 Å². The Morgan fingerprint density at radius 2 is 1.90 bits per heavy atom. The SMILES string of the molecule is C=CC(=O)Nc1ccc(CCn2c(=O)c(-c3cc(OC)cc(OC)c3Cl)cc3cnc(NC(O)C(C)CO)nc32)cc1. The Hall–Kier alpha value is -4.45. The third kappa shape index (κ3) is 6.71. The standard InChI is InChI=1S/C30H32ClN5O6/c1-5-25(38)33-20-8-6-18(7-9-20)10-11-36-27-19(15-32-30(34-27)35-28(39)17(2)16-37)12-23(29(36)40)22-13-21(41-3)14-24(42-4)26(22)31/h5-9,12-15,17,28,37,39H,1,10-11,16H2,2-4H3,(H,33,38)(H,32,34,35). The first-order valence-electron chi connectivity index (χ1n) is 13.1. The number of halogens is 1. The lowest BCUT2D eigenvalue weighted by Gasteiger charge is -2.19. The number of aliphatic hydroxyl groups excluding tert-OH is 2. The van der Waals surface area contributed by atoms with E-state index in [1.54, 1.807) is 43.5 Å². The first kappa shape index (κ1) is 30.5. The number of pyridine rings is 1. The number of fused-ring (bicyclic) bond motifs is 1. The average molecular weight is 594 g/mol. The van der Waals surface area contributed by atoms with Crippen LogP contribution in [0.5, 0.6) is 11.5 Å². The Kier molecular flexibility index (Phi) is 9.79. The van der Waals surface area contributed by atoms with E-state index in [2.05, 4.69) is 27.2 Å². The molecule has 0 aliphatic rings. The third-order valence-corrected chi connectivity index (χ3v) is 7.11. The Balaban J connectivity index is 1.80. The fourth-order valence-electron chi connectivity index (χ4n) is 4.23. The van der Waals surface area contributed by atoms with Crippen molar-refractivity contribution in [2.75, 3.05) is 31.5 Å². The van der Waals surface area contributed by atoms with Gasteiger partial charge in [-0.05, 0) is 42.3 Å². The Morgan fingerprint density at radius 3 is 2.55 bits per heavy atom. The summed E-state index contributed by atoms with van der Waals surface area (Å²) in [6, 6.07) is 12.2. The molecule has 2 unspecified atom stereocenters. The van der Waals surface area contributed by atoms with Crippen molar-refractivity contribution in [3.8, 4) is 22.6 Å². The van der Waals surface area contributed by atoms with Gasteiger partial charge in [-0.1, -0.05) is 37.2 Å². The van der Waals surface area contributed by atoms with Crippen molar-refractivity contribution in [2.24, 2.45) is 5.92 Å². The zero-order valence-corrected chi connectivity index (χ0v) is 24.2. The summed E-state index contributed by atoms with van der Waals surface area (Å²) in [5.41, 5.74) is 2.23. The number of methoxy groups -OCH3 is 2. The van der Waals surface area contributed by atoms with Crippen molar-refractivity contribution >= 4 is 40.2 Å². The molecule has 2 aromatic carbocycles. The van der Waals surface area contributed by atoms with Gasteiger partial charge in [-0.25, -0.2) is 4.98 Å². The van der Waals surface area contributed by atoms with Crippen LogP contribution >= 0.6 is 11.6 Å². The second kappa shape index (κ2) is 13.5. The Morgan fingerprint density at radius 1 is 1.17 bits per heavy atom. The minimum absolute atomic E-state index is 0.0968. The van der Waals surface area contributed by atoms with Gasteiger partial charge in [-0.2, -0.15) is 4.98 Å². The van der Waals surface area contributed by atoms with Gasteiger partial charge in [0.15, 0.2) is 0 Å². The number of ether oxygens (including phenoxy) is 2. The van der Waals surface area contributed by atoms with Crippen LogP contribution in [0.15, 0.2) is 66.1 Å². The fourth-order valence-corrected chi connectivity index (χ4v) is 4.52. The number of nitrogens with one attached hydrogen (secondary N) is 2. The van der Waals surface area contributed by atoms with Crippen molar-refractivity contribution in [3.05, 3.63) is 82.3 Å². The van der Waals surface area contributed by atoms with E-state index in [0.29, 0.717) is 45.8 Å². The van der Waals surface area contributed by atoms with Crippen molar-refractivity contribution in [2.45, 2.75) is 26.1 Å². The zero-order chi connectivity index (χ0) is 30.4. The van der Waals surface area contributed by atoms with Gasteiger partial charge in [0.25, 0.3) is 5.56 Å². The fraction of sp³-hybridized carbons (Fsp3) is 0.267. The third-order valence-electron chi connectivity index (χ3n) is 6.72. The minimum atomic E-state index is -1.10. The lowest BCUT2D eigenvalue weighted by molar-refractivity contribution is -0.111. The number of anilines is 2. The van der Waals surface area contributed by atoms with Gasteiger partial charge in [-0.15, -0.1) is 0 Å². The van der Waals surface area contributed by atoms with Crippen LogP contribution in [0.25, 0.3) is 22.2 Å². The number of aromatic nitrogens is 3. The van der Waals surface area contributed by atoms with Gasteiger partial charge in [0, 0.05) is 53.5 Å². The number of rotatable bonds is 12. The van der Waals surface area contributed by atoms with Crippen LogP contribution in [0.3, 0.4) is 0 Å². The van der Waals surface area contributed by atoms with Crippen molar-refractivity contribution < 1.29 is 24.5 Å². The Bertz CT molecular complexity index is 1660. The van der Waals surface area contributed by atoms with Crippen LogP contribution in [-0.2, 0) is 17.8 Å². The lowest BCUT2D eigenvalue weighted by Crippen LogP contribution is -2.30. The quantitative estimate of drug-likeness (QED) is 0.142. The predicted molar refractivity (Wildman–Crippen MR) is 162 cm³/mol. The second-order valence-electron chi connectivity index (χ2n) is 9.57. The number of nitrogens with zero attached hydrogens (tertiary/aromatic N) is 3. The highest BCUT2D eigenvalue weighted by atomic mass is 35.5. The van der Waals surface area contributed by atoms with Crippen LogP contribution in [0, 0.1) is 5.92 Å². The highest BCUT2D eigenvalue weighted by Gasteiger charge is 2.20. The summed E-state index contributed by atoms with van der Waals surface area (Å²) in [4.78, 5) is 34.5. The number of hydrogen-bond donors (Lipinski definition) is 4. The summed E-state index contributed by atoms with van der Waals surface area (Å²) in [5, 5.41) is 26.0. The van der Waals surface area contributed by atoms with Crippen LogP contribution in [0.2, 0.25) is 5.02 Å². The van der Waals surface area contributed by atoms with E-state index in [-0.39, 0.29) is 35.6 Å². The van der Waals surface area contributed by atoms with Crippen molar-refractivity contribution in [3.63, 3.8) is 0 Å². The van der Waals surface area contributed by atoms with Gasteiger partial charge in [0.1, 0.15) is 23.4 Å². The summed E-state index contributed by atoms with van der Waals surface area (Å²) in [7, 11) is 2.99. The molecule has 0 saturated carbocycles. The summed E-state index contributed by atoms with van der Waals surface area (Å²) >= 11 is 6.65. The topological polar surface area (TPSA) is 148 Å². The molecular formula is C30H32ClN5O6. The van der Waals surface area contributed by atoms with E-state index in [0.717, 1.165) is 5.56 Å². The molecule has 11 nitrogen and oxygen atoms in total. The maximum Gasteiger partial charge on any atom is 0.260 e. The number of aliphatic hydroxyl groups is 2. The van der Waals surface area contributed by atoms with E-state index in [1.807, 2.05) is 12.1 Å². The molecule has 0 spiro atoms. The number of hydrogen-bond acceptors (Lipinski definition) is 9. The first-order valence-corrected chi connectivity index (χ1v) is 13.5. The van der Waals surface area contributed by atoms with E-state index in [1.165, 1.54) is 24.9 Å². The average Bonchev–Trinajstić information content (AvgIpc) is 3.00. The smallest absolute Gasteiger partial charge is 0.260 e. The van der Waals surface area contributed by atoms with Crippen LogP contribution in [0.1, 0.15) is 12.5 Å². The molecule has 2 atom stereocenters. The lowest BCUT2D eigenvalue weighted by atomic mass is 10.0. The minimum Gasteiger partial charge on any atom is -0.497 e. The second-order valence-corrected chi connectivity index (χ2v) is 9.95. The summed E-state index contributed by atoms with van der Waals surface area (Å²) in [6.45, 7) is 5.12. The van der Waals surface area contributed by atoms with Crippen LogP contribution < -0.4 is 25.7 Å². The molecule has 2 aromatic heterocycles. The molecule has 4 aromatic rings. The largest absolute Gasteiger partial charge is 0.497 e. The molecule has 0 bridgehead atoms.